The van der Waals surface area contributed by atoms with Crippen LogP contribution in [-0.4, -0.2) is 52.4 Å². The van der Waals surface area contributed by atoms with Gasteiger partial charge in [0.05, 0.1) is 30.2 Å². The van der Waals surface area contributed by atoms with E-state index in [0.717, 1.165) is 23.9 Å². The van der Waals surface area contributed by atoms with Crippen molar-refractivity contribution in [3.63, 3.8) is 0 Å². The first-order valence-electron chi connectivity index (χ1n) is 13.6. The third-order valence-corrected chi connectivity index (χ3v) is 6.55. The molecule has 1 aliphatic rings. The molecule has 1 N–H and O–H groups in total. The number of hydrogen-bond acceptors (Lipinski definition) is 9. The largest absolute Gasteiger partial charge is 0.449 e. The van der Waals surface area contributed by atoms with Crippen molar-refractivity contribution in [3.8, 4) is 11.5 Å². The van der Waals surface area contributed by atoms with E-state index in [1.54, 1.807) is 10.9 Å². The monoisotopic (exact) mass is 598 g/mol. The minimum absolute atomic E-state index is 0.0380. The lowest BCUT2D eigenvalue weighted by Crippen LogP contribution is -2.29. The van der Waals surface area contributed by atoms with Crippen molar-refractivity contribution in [2.24, 2.45) is 0 Å². The second-order valence-corrected chi connectivity index (χ2v) is 10.5. The molecule has 0 fully saturated rings. The van der Waals surface area contributed by atoms with Crippen LogP contribution in [0.4, 0.5) is 13.2 Å². The maximum atomic E-state index is 12.9. The number of aryl methyl sites for hydroxylation is 3. The molecule has 0 saturated heterocycles. The molecule has 0 unspecified atom stereocenters. The zero-order valence-corrected chi connectivity index (χ0v) is 23.5. The number of Topliss-reactive ketones (excluding diaryl/α,β-unsaturated/α-hetero) is 1. The summed E-state index contributed by atoms with van der Waals surface area (Å²) in [7, 11) is 0. The Morgan fingerprint density at radius 3 is 2.33 bits per heavy atom. The predicted molar refractivity (Wildman–Crippen MR) is 144 cm³/mol. The van der Waals surface area contributed by atoms with Crippen molar-refractivity contribution in [1.29, 1.82) is 0 Å². The van der Waals surface area contributed by atoms with Crippen LogP contribution in [0.15, 0.2) is 48.9 Å². The molecule has 226 valence electrons. The first kappa shape index (κ1) is 29.7. The molecule has 5 rings (SSSR count). The van der Waals surface area contributed by atoms with Gasteiger partial charge in [0.2, 0.25) is 5.79 Å². The minimum atomic E-state index is -4.49. The number of unbranched alkanes of at least 4 members (excludes halogenated alkanes) is 1. The normalized spacial score (nSPS) is 13.7. The smallest absolute Gasteiger partial charge is 0.416 e. The van der Waals surface area contributed by atoms with Gasteiger partial charge in [-0.1, -0.05) is 16.5 Å². The van der Waals surface area contributed by atoms with Gasteiger partial charge in [-0.15, -0.1) is 10.2 Å². The molecule has 4 heterocycles. The fourth-order valence-electron chi connectivity index (χ4n) is 4.42. The first-order valence-corrected chi connectivity index (χ1v) is 13.6. The Balaban J connectivity index is 1.02. The number of ketones is 1. The molecule has 12 nitrogen and oxygen atoms in total. The third-order valence-electron chi connectivity index (χ3n) is 6.55. The van der Waals surface area contributed by atoms with Gasteiger partial charge in [0.1, 0.15) is 5.69 Å². The number of benzene rings is 1. The highest BCUT2D eigenvalue weighted by Crippen LogP contribution is 2.39. The summed E-state index contributed by atoms with van der Waals surface area (Å²) >= 11 is 0. The maximum Gasteiger partial charge on any atom is 0.416 e. The molecule has 15 heteroatoms. The zero-order valence-electron chi connectivity index (χ0n) is 23.5. The molecule has 4 aromatic rings. The van der Waals surface area contributed by atoms with E-state index in [1.807, 2.05) is 32.0 Å². The fraction of sp³-hybridized carbons (Fsp3) is 0.393. The Bertz CT molecular complexity index is 1620. The van der Waals surface area contributed by atoms with Crippen LogP contribution in [0.2, 0.25) is 0 Å². The van der Waals surface area contributed by atoms with Gasteiger partial charge in [0, 0.05) is 39.6 Å². The van der Waals surface area contributed by atoms with E-state index in [2.05, 4.69) is 30.9 Å². The molecule has 0 saturated carbocycles. The van der Waals surface area contributed by atoms with E-state index in [0.29, 0.717) is 49.5 Å². The summed E-state index contributed by atoms with van der Waals surface area (Å²) in [6.45, 7) is 4.49. The highest BCUT2D eigenvalue weighted by atomic mass is 19.4. The number of ether oxygens (including phenoxy) is 2. The molecule has 0 spiro atoms. The molecule has 1 amide bonds. The SMILES string of the molecule is CC1(C)Oc2ccc(CCC(=O)c3cn(CCCCn4cc(C(=O)NCc5cc(C(F)(F)F)ccn5)nn4)nn3)cc2O1. The Morgan fingerprint density at radius 1 is 0.930 bits per heavy atom. The summed E-state index contributed by atoms with van der Waals surface area (Å²) in [5, 5.41) is 18.3. The second-order valence-electron chi connectivity index (χ2n) is 10.5. The van der Waals surface area contributed by atoms with Crippen LogP contribution in [-0.2, 0) is 32.2 Å². The number of amides is 1. The van der Waals surface area contributed by atoms with E-state index in [-0.39, 0.29) is 30.1 Å². The van der Waals surface area contributed by atoms with Gasteiger partial charge in [-0.05, 0) is 49.1 Å². The Hall–Kier alpha value is -4.82. The van der Waals surface area contributed by atoms with Crippen molar-refractivity contribution in [2.75, 3.05) is 0 Å². The van der Waals surface area contributed by atoms with Gasteiger partial charge in [-0.2, -0.15) is 13.2 Å². The van der Waals surface area contributed by atoms with E-state index >= 15 is 0 Å². The maximum absolute atomic E-state index is 12.9. The van der Waals surface area contributed by atoms with Crippen LogP contribution in [0.3, 0.4) is 0 Å². The summed E-state index contributed by atoms with van der Waals surface area (Å²) in [4.78, 5) is 28.8. The number of hydrogen-bond donors (Lipinski definition) is 1. The molecule has 0 radical (unpaired) electrons. The average Bonchev–Trinajstić information content (AvgIpc) is 3.70. The number of fused-ring (bicyclic) bond motifs is 1. The number of halogens is 3. The predicted octanol–water partition coefficient (Wildman–Crippen LogP) is 4.02. The van der Waals surface area contributed by atoms with Crippen LogP contribution >= 0.6 is 0 Å². The molecule has 0 bridgehead atoms. The van der Waals surface area contributed by atoms with E-state index in [1.165, 1.54) is 10.9 Å². The molecule has 0 aliphatic carbocycles. The summed E-state index contributed by atoms with van der Waals surface area (Å²) < 4.78 is 53.1. The lowest BCUT2D eigenvalue weighted by molar-refractivity contribution is -0.137. The molecular weight excluding hydrogens is 569 g/mol. The quantitative estimate of drug-likeness (QED) is 0.189. The van der Waals surface area contributed by atoms with Gasteiger partial charge in [0.15, 0.2) is 23.0 Å². The van der Waals surface area contributed by atoms with Gasteiger partial charge in [-0.25, -0.2) is 0 Å². The van der Waals surface area contributed by atoms with Crippen LogP contribution in [0.1, 0.15) is 70.9 Å². The Kier molecular flexibility index (Phi) is 8.41. The molecule has 1 aromatic carbocycles. The van der Waals surface area contributed by atoms with E-state index < -0.39 is 23.4 Å². The number of pyridine rings is 1. The van der Waals surface area contributed by atoms with Gasteiger partial charge < -0.3 is 14.8 Å². The van der Waals surface area contributed by atoms with Crippen molar-refractivity contribution in [2.45, 2.75) is 71.1 Å². The highest BCUT2D eigenvalue weighted by molar-refractivity contribution is 5.94. The molecule has 3 aromatic heterocycles. The number of rotatable bonds is 12. The summed E-state index contributed by atoms with van der Waals surface area (Å²) in [6, 6.07) is 7.39. The van der Waals surface area contributed by atoms with Crippen molar-refractivity contribution in [3.05, 3.63) is 77.1 Å². The minimum Gasteiger partial charge on any atom is -0.449 e. The standard InChI is InChI=1S/C28H29F3N8O4/c1-27(2)42-24-8-6-18(13-25(24)43-27)5-7-23(40)21-16-38(36-34-21)11-3-4-12-39-17-22(35-37-39)26(41)33-15-20-14-19(9-10-32-20)28(29,30)31/h6,8-10,13-14,16-17H,3-5,7,11-12,15H2,1-2H3,(H,33,41). The van der Waals surface area contributed by atoms with Crippen LogP contribution < -0.4 is 14.8 Å². The zero-order chi connectivity index (χ0) is 30.6. The molecule has 43 heavy (non-hydrogen) atoms. The lowest BCUT2D eigenvalue weighted by Gasteiger charge is -2.16. The summed E-state index contributed by atoms with van der Waals surface area (Å²) in [6.07, 6.45) is 1.83. The van der Waals surface area contributed by atoms with Crippen molar-refractivity contribution < 1.29 is 32.2 Å². The summed E-state index contributed by atoms with van der Waals surface area (Å²) in [5.74, 6) is -0.0431. The number of carbonyl (C=O) groups excluding carboxylic acids is 2. The fourth-order valence-corrected chi connectivity index (χ4v) is 4.42. The van der Waals surface area contributed by atoms with Crippen LogP contribution in [0, 0.1) is 0 Å². The van der Waals surface area contributed by atoms with Crippen molar-refractivity contribution >= 4 is 11.7 Å². The van der Waals surface area contributed by atoms with E-state index in [4.69, 9.17) is 9.47 Å². The highest BCUT2D eigenvalue weighted by Gasteiger charge is 2.32. The Labute approximate surface area is 244 Å². The number of alkyl halides is 3. The van der Waals surface area contributed by atoms with Gasteiger partial charge in [-0.3, -0.25) is 23.9 Å². The number of aromatic nitrogens is 7. The topological polar surface area (TPSA) is 139 Å². The van der Waals surface area contributed by atoms with Crippen LogP contribution in [0.25, 0.3) is 0 Å². The van der Waals surface area contributed by atoms with Crippen LogP contribution in [0.5, 0.6) is 11.5 Å². The molecular formula is C28H29F3N8O4. The van der Waals surface area contributed by atoms with E-state index in [9.17, 15) is 22.8 Å². The molecule has 1 aliphatic heterocycles. The first-order chi connectivity index (χ1) is 20.4. The number of nitrogens with zero attached hydrogens (tertiary/aromatic N) is 7. The lowest BCUT2D eigenvalue weighted by atomic mass is 10.1. The third kappa shape index (κ3) is 7.72. The Morgan fingerprint density at radius 2 is 1.60 bits per heavy atom. The van der Waals surface area contributed by atoms with Crippen molar-refractivity contribution in [1.82, 2.24) is 40.3 Å². The second kappa shape index (κ2) is 12.2. The van der Waals surface area contributed by atoms with Gasteiger partial charge in [0.25, 0.3) is 5.91 Å². The number of nitrogens with one attached hydrogen (secondary N) is 1. The molecule has 0 atom stereocenters. The number of carbonyl (C=O) groups is 2. The summed E-state index contributed by atoms with van der Waals surface area (Å²) in [5.41, 5.74) is 0.531. The van der Waals surface area contributed by atoms with Gasteiger partial charge >= 0.3 is 6.18 Å². The average molecular weight is 599 g/mol.